The van der Waals surface area contributed by atoms with Gasteiger partial charge in [-0.05, 0) is 38.5 Å². The van der Waals surface area contributed by atoms with Crippen molar-refractivity contribution in [3.63, 3.8) is 0 Å². The van der Waals surface area contributed by atoms with Gasteiger partial charge in [0.1, 0.15) is 0 Å². The average Bonchev–Trinajstić information content (AvgIpc) is 2.97. The molecule has 3 rings (SSSR count). The predicted molar refractivity (Wildman–Crippen MR) is 112 cm³/mol. The van der Waals surface area contributed by atoms with Crippen LogP contribution in [0.25, 0.3) is 10.9 Å². The summed E-state index contributed by atoms with van der Waals surface area (Å²) in [6.45, 7) is 9.04. The minimum atomic E-state index is -0.161. The van der Waals surface area contributed by atoms with E-state index in [1.807, 2.05) is 6.07 Å². The van der Waals surface area contributed by atoms with E-state index in [4.69, 9.17) is 0 Å². The monoisotopic (exact) mass is 395 g/mol. The van der Waals surface area contributed by atoms with Crippen LogP contribution in [0.2, 0.25) is 0 Å². The van der Waals surface area contributed by atoms with Gasteiger partial charge in [0, 0.05) is 17.8 Å². The number of aryl methyl sites for hydroxylation is 1. The molecule has 0 aliphatic heterocycles. The second-order valence-corrected chi connectivity index (χ2v) is 7.45. The average molecular weight is 395 g/mol. The Balaban J connectivity index is 1.93. The third-order valence-electron chi connectivity index (χ3n) is 4.54. The van der Waals surface area contributed by atoms with Crippen LogP contribution in [0, 0.1) is 13.8 Å². The number of hydrogen-bond donors (Lipinski definition) is 1. The molecule has 0 aliphatic rings. The van der Waals surface area contributed by atoms with Crippen molar-refractivity contribution in [1.82, 2.24) is 14.5 Å². The Hall–Kier alpha value is -2.93. The van der Waals surface area contributed by atoms with E-state index in [1.165, 1.54) is 23.3 Å². The van der Waals surface area contributed by atoms with Gasteiger partial charge in [-0.2, -0.15) is 0 Å². The van der Waals surface area contributed by atoms with Crippen molar-refractivity contribution >= 4 is 34.2 Å². The number of carbonyl (C=O) groups is 2. The lowest BCUT2D eigenvalue weighted by Gasteiger charge is -2.11. The van der Waals surface area contributed by atoms with E-state index in [0.29, 0.717) is 45.1 Å². The van der Waals surface area contributed by atoms with Crippen LogP contribution in [-0.4, -0.2) is 31.9 Å². The highest BCUT2D eigenvalue weighted by Crippen LogP contribution is 2.23. The first-order valence-electron chi connectivity index (χ1n) is 8.81. The second kappa shape index (κ2) is 7.98. The van der Waals surface area contributed by atoms with E-state index in [0.717, 1.165) is 0 Å². The number of Topliss-reactive ketones (excluding diaryl/α,β-unsaturated/α-hetero) is 2. The molecule has 0 unspecified atom stereocenters. The minimum absolute atomic E-state index is 0.0750. The topological polar surface area (TPSA) is 84.8 Å². The van der Waals surface area contributed by atoms with Gasteiger partial charge in [0.05, 0.1) is 22.3 Å². The molecule has 2 aromatic heterocycles. The fraction of sp³-hybridized carbons (Fsp3) is 0.238. The van der Waals surface area contributed by atoms with Gasteiger partial charge in [-0.3, -0.25) is 19.0 Å². The first-order chi connectivity index (χ1) is 13.3. The van der Waals surface area contributed by atoms with E-state index in [1.54, 1.807) is 38.1 Å². The number of hydrogen-bond acceptors (Lipinski definition) is 5. The maximum atomic E-state index is 12.8. The van der Waals surface area contributed by atoms with Crippen molar-refractivity contribution in [3.05, 3.63) is 69.8 Å². The second-order valence-electron chi connectivity index (χ2n) is 6.51. The zero-order valence-electron chi connectivity index (χ0n) is 16.0. The summed E-state index contributed by atoms with van der Waals surface area (Å²) in [5.74, 6) is -0.125. The van der Waals surface area contributed by atoms with E-state index >= 15 is 0 Å². The number of rotatable bonds is 7. The highest BCUT2D eigenvalue weighted by Gasteiger charge is 2.20. The van der Waals surface area contributed by atoms with Crippen LogP contribution in [0.4, 0.5) is 0 Å². The van der Waals surface area contributed by atoms with Crippen molar-refractivity contribution in [3.8, 4) is 0 Å². The first-order valence-corrected chi connectivity index (χ1v) is 9.80. The van der Waals surface area contributed by atoms with Crippen molar-refractivity contribution in [2.75, 3.05) is 5.75 Å². The highest BCUT2D eigenvalue weighted by molar-refractivity contribution is 7.99. The summed E-state index contributed by atoms with van der Waals surface area (Å²) in [5.41, 5.74) is 2.75. The van der Waals surface area contributed by atoms with Gasteiger partial charge in [0.15, 0.2) is 16.7 Å². The molecule has 0 atom stereocenters. The number of fused-ring (bicyclic) bond motifs is 1. The summed E-state index contributed by atoms with van der Waals surface area (Å²) in [5, 5.41) is 0.992. The smallest absolute Gasteiger partial charge is 0.262 e. The predicted octanol–water partition coefficient (Wildman–Crippen LogP) is 3.71. The molecule has 1 aromatic carbocycles. The molecule has 0 spiro atoms. The number of allylic oxidation sites excluding steroid dienone is 1. The summed E-state index contributed by atoms with van der Waals surface area (Å²) < 4.78 is 1.51. The quantitative estimate of drug-likeness (QED) is 0.285. The molecule has 0 saturated heterocycles. The van der Waals surface area contributed by atoms with Gasteiger partial charge in [-0.25, -0.2) is 4.98 Å². The fourth-order valence-corrected chi connectivity index (χ4v) is 4.19. The number of thioether (sulfide) groups is 1. The van der Waals surface area contributed by atoms with E-state index in [2.05, 4.69) is 16.5 Å². The fourth-order valence-electron chi connectivity index (χ4n) is 3.31. The third kappa shape index (κ3) is 3.57. The summed E-state index contributed by atoms with van der Waals surface area (Å²) in [7, 11) is 0. The normalized spacial score (nSPS) is 11.0. The van der Waals surface area contributed by atoms with E-state index in [-0.39, 0.29) is 22.9 Å². The molecule has 1 N–H and O–H groups in total. The third-order valence-corrected chi connectivity index (χ3v) is 5.52. The zero-order valence-corrected chi connectivity index (χ0v) is 16.9. The van der Waals surface area contributed by atoms with Crippen LogP contribution in [0.15, 0.2) is 46.9 Å². The minimum Gasteiger partial charge on any atom is -0.355 e. The van der Waals surface area contributed by atoms with Crippen molar-refractivity contribution in [2.45, 2.75) is 32.5 Å². The molecule has 0 amide bonds. The van der Waals surface area contributed by atoms with Gasteiger partial charge in [-0.15, -0.1) is 6.58 Å². The number of nitrogens with zero attached hydrogens (tertiary/aromatic N) is 2. The largest absolute Gasteiger partial charge is 0.355 e. The number of carbonyl (C=O) groups excluding carboxylic acids is 2. The highest BCUT2D eigenvalue weighted by atomic mass is 32.2. The van der Waals surface area contributed by atoms with Crippen LogP contribution >= 0.6 is 11.8 Å². The Labute approximate surface area is 166 Å². The van der Waals surface area contributed by atoms with Gasteiger partial charge in [-0.1, -0.05) is 30.0 Å². The number of para-hydroxylation sites is 1. The van der Waals surface area contributed by atoms with Crippen LogP contribution < -0.4 is 5.56 Å². The lowest BCUT2D eigenvalue weighted by atomic mass is 10.1. The number of benzene rings is 1. The standard InChI is InChI=1S/C21H21N3O3S/c1-5-10-24-20(27)15-8-6-7-9-16(15)23-21(24)28-11-17(26)19-12(2)18(14(4)25)13(3)22-19/h5-9,22H,1,10-11H2,2-4H3. The van der Waals surface area contributed by atoms with Crippen molar-refractivity contribution in [1.29, 1.82) is 0 Å². The molecule has 0 bridgehead atoms. The lowest BCUT2D eigenvalue weighted by Crippen LogP contribution is -2.23. The molecule has 7 heteroatoms. The SMILES string of the molecule is C=CCn1c(SCC(=O)c2[nH]c(C)c(C(C)=O)c2C)nc2ccccc2c1=O. The van der Waals surface area contributed by atoms with Gasteiger partial charge in [0.2, 0.25) is 0 Å². The molecular weight excluding hydrogens is 374 g/mol. The Morgan fingerprint density at radius 1 is 1.29 bits per heavy atom. The maximum absolute atomic E-state index is 12.8. The molecule has 3 aromatic rings. The zero-order chi connectivity index (χ0) is 20.4. The van der Waals surface area contributed by atoms with Crippen LogP contribution in [-0.2, 0) is 6.54 Å². The number of ketones is 2. The first kappa shape index (κ1) is 19.8. The Bertz CT molecular complexity index is 1160. The van der Waals surface area contributed by atoms with Crippen LogP contribution in [0.5, 0.6) is 0 Å². The molecule has 0 saturated carbocycles. The van der Waals surface area contributed by atoms with Crippen LogP contribution in [0.1, 0.15) is 39.0 Å². The molecule has 2 heterocycles. The summed E-state index contributed by atoms with van der Waals surface area (Å²) in [4.78, 5) is 44.9. The Morgan fingerprint density at radius 2 is 2.00 bits per heavy atom. The van der Waals surface area contributed by atoms with Gasteiger partial charge < -0.3 is 4.98 Å². The molecule has 0 radical (unpaired) electrons. The number of aromatic nitrogens is 3. The van der Waals surface area contributed by atoms with Gasteiger partial charge in [0.25, 0.3) is 5.56 Å². The summed E-state index contributed by atoms with van der Waals surface area (Å²) in [6, 6.07) is 7.13. The molecule has 28 heavy (non-hydrogen) atoms. The number of aromatic amines is 1. The Morgan fingerprint density at radius 3 is 2.64 bits per heavy atom. The van der Waals surface area contributed by atoms with E-state index in [9.17, 15) is 14.4 Å². The molecule has 144 valence electrons. The molecule has 0 aliphatic carbocycles. The molecular formula is C21H21N3O3S. The van der Waals surface area contributed by atoms with Crippen LogP contribution in [0.3, 0.4) is 0 Å². The molecule has 6 nitrogen and oxygen atoms in total. The lowest BCUT2D eigenvalue weighted by molar-refractivity contribution is 0.101. The van der Waals surface area contributed by atoms with E-state index < -0.39 is 0 Å². The Kier molecular flexibility index (Phi) is 5.65. The maximum Gasteiger partial charge on any atom is 0.262 e. The summed E-state index contributed by atoms with van der Waals surface area (Å²) >= 11 is 1.20. The number of nitrogens with one attached hydrogen (secondary N) is 1. The van der Waals surface area contributed by atoms with Gasteiger partial charge >= 0.3 is 0 Å². The molecule has 0 fully saturated rings. The van der Waals surface area contributed by atoms with Crippen molar-refractivity contribution < 1.29 is 9.59 Å². The number of H-pyrrole nitrogens is 1. The summed E-state index contributed by atoms with van der Waals surface area (Å²) in [6.07, 6.45) is 1.63. The van der Waals surface area contributed by atoms with Crippen molar-refractivity contribution in [2.24, 2.45) is 0 Å².